The minimum atomic E-state index is -0.713. The second-order valence-electron chi connectivity index (χ2n) is 11.2. The van der Waals surface area contributed by atoms with E-state index in [1.165, 1.54) is 0 Å². The lowest BCUT2D eigenvalue weighted by Gasteiger charge is -2.63. The SMILES string of the molecule is CC1(C)[C@H](NC(=O)C23CCC(C(=O)O)(CC2)CC3)C(C)(C)[C@H]1Oc1ccc(C#N)c(Cl)c1. The lowest BCUT2D eigenvalue weighted by molar-refractivity contribution is -0.182. The zero-order valence-electron chi connectivity index (χ0n) is 19.1. The van der Waals surface area contributed by atoms with Crippen LogP contribution in [-0.4, -0.2) is 29.1 Å². The summed E-state index contributed by atoms with van der Waals surface area (Å²) in [4.78, 5) is 25.2. The van der Waals surface area contributed by atoms with Crippen LogP contribution in [-0.2, 0) is 9.59 Å². The van der Waals surface area contributed by atoms with Gasteiger partial charge in [0.2, 0.25) is 5.91 Å². The van der Waals surface area contributed by atoms with Crippen LogP contribution in [0.2, 0.25) is 5.02 Å². The molecule has 4 fully saturated rings. The number of hydrogen-bond acceptors (Lipinski definition) is 4. The molecule has 0 aromatic heterocycles. The molecular weight excluding hydrogens is 428 g/mol. The number of fused-ring (bicyclic) bond motifs is 3. The Labute approximate surface area is 194 Å². The fourth-order valence-corrected chi connectivity index (χ4v) is 6.94. The molecule has 0 aliphatic heterocycles. The summed E-state index contributed by atoms with van der Waals surface area (Å²) in [6.45, 7) is 8.36. The summed E-state index contributed by atoms with van der Waals surface area (Å²) in [5, 5.41) is 22.4. The Morgan fingerprint density at radius 2 is 1.59 bits per heavy atom. The van der Waals surface area contributed by atoms with Gasteiger partial charge in [0.15, 0.2) is 0 Å². The van der Waals surface area contributed by atoms with Gasteiger partial charge in [-0.15, -0.1) is 0 Å². The first-order valence-corrected chi connectivity index (χ1v) is 11.7. The number of carbonyl (C=O) groups excluding carboxylic acids is 1. The van der Waals surface area contributed by atoms with Crippen molar-refractivity contribution in [3.63, 3.8) is 0 Å². The van der Waals surface area contributed by atoms with Crippen molar-refractivity contribution in [3.8, 4) is 11.8 Å². The van der Waals surface area contributed by atoms with Crippen molar-refractivity contribution in [2.45, 2.75) is 78.4 Å². The van der Waals surface area contributed by atoms with Gasteiger partial charge in [-0.05, 0) is 50.7 Å². The van der Waals surface area contributed by atoms with Crippen molar-refractivity contribution in [1.29, 1.82) is 5.26 Å². The highest BCUT2D eigenvalue weighted by Gasteiger charge is 2.65. The van der Waals surface area contributed by atoms with Gasteiger partial charge in [-0.3, -0.25) is 9.59 Å². The first-order chi connectivity index (χ1) is 14.9. The van der Waals surface area contributed by atoms with Gasteiger partial charge in [-0.1, -0.05) is 39.3 Å². The van der Waals surface area contributed by atoms with Gasteiger partial charge in [0.1, 0.15) is 17.9 Å². The number of aliphatic carboxylic acids is 1. The number of benzene rings is 1. The Morgan fingerprint density at radius 1 is 1.06 bits per heavy atom. The average molecular weight is 459 g/mol. The molecule has 4 aliphatic carbocycles. The molecule has 0 unspecified atom stereocenters. The van der Waals surface area contributed by atoms with Crippen molar-refractivity contribution in [2.75, 3.05) is 0 Å². The predicted octanol–water partition coefficient (Wildman–Crippen LogP) is 4.94. The zero-order chi connectivity index (χ0) is 23.5. The monoisotopic (exact) mass is 458 g/mol. The number of carbonyl (C=O) groups is 2. The van der Waals surface area contributed by atoms with E-state index in [1.807, 2.05) is 6.07 Å². The normalized spacial score (nSPS) is 34.1. The Kier molecular flexibility index (Phi) is 5.29. The smallest absolute Gasteiger partial charge is 0.309 e. The fraction of sp³-hybridized carbons (Fsp3) is 0.640. The van der Waals surface area contributed by atoms with Gasteiger partial charge >= 0.3 is 5.97 Å². The molecule has 4 aliphatic rings. The second-order valence-corrected chi connectivity index (χ2v) is 11.6. The second kappa shape index (κ2) is 7.38. The molecule has 0 atom stereocenters. The Bertz CT molecular complexity index is 969. The van der Waals surface area contributed by atoms with Crippen LogP contribution in [0.5, 0.6) is 5.75 Å². The van der Waals surface area contributed by atoms with E-state index >= 15 is 0 Å². The van der Waals surface area contributed by atoms with Gasteiger partial charge in [-0.25, -0.2) is 0 Å². The molecular formula is C25H31ClN2O4. The third kappa shape index (κ3) is 3.28. The number of carboxylic acids is 1. The van der Waals surface area contributed by atoms with Crippen LogP contribution in [0.4, 0.5) is 0 Å². The van der Waals surface area contributed by atoms with Gasteiger partial charge in [0.25, 0.3) is 0 Å². The first-order valence-electron chi connectivity index (χ1n) is 11.3. The van der Waals surface area contributed by atoms with Crippen LogP contribution in [0.1, 0.15) is 71.8 Å². The Morgan fingerprint density at radius 3 is 2.06 bits per heavy atom. The van der Waals surface area contributed by atoms with Crippen LogP contribution in [0.3, 0.4) is 0 Å². The average Bonchev–Trinajstić information content (AvgIpc) is 2.76. The summed E-state index contributed by atoms with van der Waals surface area (Å²) in [5.74, 6) is -0.0503. The number of rotatable bonds is 5. The van der Waals surface area contributed by atoms with E-state index in [4.69, 9.17) is 21.6 Å². The van der Waals surface area contributed by atoms with Gasteiger partial charge in [-0.2, -0.15) is 5.26 Å². The summed E-state index contributed by atoms with van der Waals surface area (Å²) >= 11 is 6.17. The van der Waals surface area contributed by atoms with E-state index in [1.54, 1.807) is 18.2 Å². The number of hydrogen-bond donors (Lipinski definition) is 2. The highest BCUT2D eigenvalue weighted by atomic mass is 35.5. The molecule has 0 radical (unpaired) electrons. The molecule has 0 saturated heterocycles. The van der Waals surface area contributed by atoms with Crippen molar-refractivity contribution in [3.05, 3.63) is 28.8 Å². The summed E-state index contributed by atoms with van der Waals surface area (Å²) in [7, 11) is 0. The van der Waals surface area contributed by atoms with Crippen LogP contribution in [0, 0.1) is 33.0 Å². The van der Waals surface area contributed by atoms with E-state index in [0.29, 0.717) is 54.9 Å². The molecule has 0 spiro atoms. The van der Waals surface area contributed by atoms with Crippen molar-refractivity contribution < 1.29 is 19.4 Å². The van der Waals surface area contributed by atoms with Gasteiger partial charge < -0.3 is 15.2 Å². The molecule has 1 aromatic rings. The third-order valence-corrected chi connectivity index (χ3v) is 8.92. The van der Waals surface area contributed by atoms with Crippen LogP contribution >= 0.6 is 11.6 Å². The zero-order valence-corrected chi connectivity index (χ0v) is 19.9. The maximum Gasteiger partial charge on any atom is 0.309 e. The number of nitrogens with zero attached hydrogens (tertiary/aromatic N) is 1. The maximum atomic E-state index is 13.5. The van der Waals surface area contributed by atoms with Crippen molar-refractivity contribution >= 4 is 23.5 Å². The summed E-state index contributed by atoms with van der Waals surface area (Å²) in [6.07, 6.45) is 3.52. The van der Waals surface area contributed by atoms with Crippen molar-refractivity contribution in [2.24, 2.45) is 21.7 Å². The molecule has 0 heterocycles. The molecule has 6 nitrogen and oxygen atoms in total. The van der Waals surface area contributed by atoms with Crippen LogP contribution < -0.4 is 10.1 Å². The molecule has 172 valence electrons. The maximum absolute atomic E-state index is 13.5. The first kappa shape index (κ1) is 22.9. The number of nitrogens with one attached hydrogen (secondary N) is 1. The molecule has 2 bridgehead atoms. The molecule has 32 heavy (non-hydrogen) atoms. The van der Waals surface area contributed by atoms with E-state index in [0.717, 1.165) is 0 Å². The minimum Gasteiger partial charge on any atom is -0.489 e. The molecule has 2 N–H and O–H groups in total. The number of nitriles is 1. The van der Waals surface area contributed by atoms with Crippen molar-refractivity contribution in [1.82, 2.24) is 5.32 Å². The summed E-state index contributed by atoms with van der Waals surface area (Å²) in [5.41, 5.74) is -1.30. The summed E-state index contributed by atoms with van der Waals surface area (Å²) < 4.78 is 6.31. The lowest BCUT2D eigenvalue weighted by atomic mass is 9.48. The third-order valence-electron chi connectivity index (χ3n) is 8.61. The highest BCUT2D eigenvalue weighted by Crippen LogP contribution is 2.59. The Balaban J connectivity index is 1.46. The fourth-order valence-electron chi connectivity index (χ4n) is 6.73. The Hall–Kier alpha value is -2.26. The molecule has 1 aromatic carbocycles. The molecule has 1 amide bonds. The van der Waals surface area contributed by atoms with E-state index < -0.39 is 16.8 Å². The molecule has 5 rings (SSSR count). The quantitative estimate of drug-likeness (QED) is 0.651. The van der Waals surface area contributed by atoms with Gasteiger partial charge in [0, 0.05) is 28.4 Å². The van der Waals surface area contributed by atoms with E-state index in [2.05, 4.69) is 33.0 Å². The van der Waals surface area contributed by atoms with Crippen LogP contribution in [0.15, 0.2) is 18.2 Å². The molecule has 4 saturated carbocycles. The highest BCUT2D eigenvalue weighted by molar-refractivity contribution is 6.31. The van der Waals surface area contributed by atoms with E-state index in [-0.39, 0.29) is 28.9 Å². The van der Waals surface area contributed by atoms with E-state index in [9.17, 15) is 14.7 Å². The number of ether oxygens (including phenoxy) is 1. The lowest BCUT2D eigenvalue weighted by Crippen LogP contribution is -2.75. The minimum absolute atomic E-state index is 0.0576. The summed E-state index contributed by atoms with van der Waals surface area (Å²) in [6, 6.07) is 7.03. The predicted molar refractivity (Wildman–Crippen MR) is 120 cm³/mol. The topological polar surface area (TPSA) is 99.4 Å². The van der Waals surface area contributed by atoms with Crippen LogP contribution in [0.25, 0.3) is 0 Å². The van der Waals surface area contributed by atoms with Gasteiger partial charge in [0.05, 0.1) is 16.0 Å². The standard InChI is InChI=1S/C25H31ClN2O4/c1-22(2)18(23(3,4)19(22)32-16-6-5-15(14-27)17(26)13-16)28-20(29)24-7-10-25(11-8-24,12-9-24)21(30)31/h5-6,13,18-19H,7-12H2,1-4H3,(H,28,29)(H,30,31)/t18-,19-,24?,25?. The number of carboxylic acid groups (broad SMARTS) is 1. The number of halogens is 1. The number of amides is 1. The molecule has 7 heteroatoms. The largest absolute Gasteiger partial charge is 0.489 e.